The first-order valence-electron chi connectivity index (χ1n) is 3.63. The zero-order valence-corrected chi connectivity index (χ0v) is 14.5. The van der Waals surface area contributed by atoms with Gasteiger partial charge in [-0.25, -0.2) is 0 Å². The van der Waals surface area contributed by atoms with E-state index in [9.17, 15) is 19.8 Å². The van der Waals surface area contributed by atoms with Crippen LogP contribution in [0.2, 0.25) is 0 Å². The van der Waals surface area contributed by atoms with Gasteiger partial charge in [0.25, 0.3) is 5.17 Å². The molecule has 0 spiro atoms. The second-order valence-corrected chi connectivity index (χ2v) is 3.01. The fraction of sp³-hybridized carbons (Fsp3) is 0.571. The van der Waals surface area contributed by atoms with Crippen LogP contribution in [0.25, 0.3) is 0 Å². The Kier molecular flexibility index (Phi) is 14.7. The minimum Gasteiger partial charge on any atom is -0.550 e. The number of carbonyl (C=O) groups is 2. The molecule has 0 aliphatic rings. The van der Waals surface area contributed by atoms with Crippen molar-refractivity contribution in [3.8, 4) is 0 Å². The van der Waals surface area contributed by atoms with E-state index in [2.05, 4.69) is 17.0 Å². The van der Waals surface area contributed by atoms with Crippen molar-refractivity contribution in [2.45, 2.75) is 12.5 Å². The van der Waals surface area contributed by atoms with Gasteiger partial charge in [0.1, 0.15) is 6.10 Å². The van der Waals surface area contributed by atoms with Crippen molar-refractivity contribution in [2.24, 2.45) is 0 Å². The summed E-state index contributed by atoms with van der Waals surface area (Å²) in [5.74, 6) is -3.18. The van der Waals surface area contributed by atoms with E-state index in [-0.39, 0.29) is 64.3 Å². The van der Waals surface area contributed by atoms with Gasteiger partial charge in [-0.2, -0.15) is 0 Å². The van der Waals surface area contributed by atoms with Crippen LogP contribution >= 0.6 is 12.2 Å². The molecule has 9 heteroatoms. The topological polar surface area (TPSA) is 92.7 Å². The van der Waals surface area contributed by atoms with Gasteiger partial charge in [-0.3, -0.25) is 0 Å². The molecule has 0 saturated heterocycles. The number of thiocarbonyl (C=S) groups is 1. The van der Waals surface area contributed by atoms with Crippen molar-refractivity contribution >= 4 is 29.3 Å². The largest absolute Gasteiger partial charge is 1.00 e. The van der Waals surface area contributed by atoms with E-state index < -0.39 is 24.5 Å². The zero-order valence-electron chi connectivity index (χ0n) is 9.68. The first kappa shape index (κ1) is 21.9. The van der Waals surface area contributed by atoms with Gasteiger partial charge in [0.2, 0.25) is 0 Å². The number of carboxylic acid groups (broad SMARTS) is 2. The second kappa shape index (κ2) is 10.8. The van der Waals surface area contributed by atoms with Crippen molar-refractivity contribution in [3.05, 3.63) is 0 Å². The molecule has 0 bridgehead atoms. The van der Waals surface area contributed by atoms with E-state index in [4.69, 9.17) is 0 Å². The smallest absolute Gasteiger partial charge is 0.550 e. The number of rotatable bonds is 4. The van der Waals surface area contributed by atoms with Crippen LogP contribution in [0, 0.1) is 0 Å². The summed E-state index contributed by atoms with van der Waals surface area (Å²) < 4.78 is 4.66. The summed E-state index contributed by atoms with van der Waals surface area (Å²) in [6.07, 6.45) is -2.41. The van der Waals surface area contributed by atoms with Crippen LogP contribution in [-0.2, 0) is 14.3 Å². The molecule has 0 rings (SSSR count). The van der Waals surface area contributed by atoms with Crippen molar-refractivity contribution in [1.82, 2.24) is 4.90 Å². The molecule has 0 aromatic carbocycles. The summed E-state index contributed by atoms with van der Waals surface area (Å²) in [7, 11) is 3.07. The van der Waals surface area contributed by atoms with Gasteiger partial charge in [0.15, 0.2) is 0 Å². The van der Waals surface area contributed by atoms with Gasteiger partial charge in [0, 0.05) is 26.5 Å². The number of ether oxygens (including phenoxy) is 1. The van der Waals surface area contributed by atoms with Crippen LogP contribution in [0.5, 0.6) is 0 Å². The average Bonchev–Trinajstić information content (AvgIpc) is 2.01. The van der Waals surface area contributed by atoms with Crippen LogP contribution in [0.4, 0.5) is 0 Å². The third-order valence-electron chi connectivity index (χ3n) is 1.22. The van der Waals surface area contributed by atoms with Gasteiger partial charge in [-0.1, -0.05) is 0 Å². The molecule has 0 heterocycles. The fourth-order valence-electron chi connectivity index (χ4n) is 0.552. The third-order valence-corrected chi connectivity index (χ3v) is 1.68. The quantitative estimate of drug-likeness (QED) is 0.368. The molecular weight excluding hydrogens is 256 g/mol. The third kappa shape index (κ3) is 9.83. The first-order valence-corrected chi connectivity index (χ1v) is 4.04. The van der Waals surface area contributed by atoms with Crippen LogP contribution in [-0.4, -0.2) is 42.2 Å². The number of hydrogen-bond donors (Lipinski definition) is 0. The van der Waals surface area contributed by atoms with E-state index in [1.807, 2.05) is 0 Å². The number of nitrogens with zero attached hydrogens (tertiary/aromatic N) is 1. The molecule has 16 heavy (non-hydrogen) atoms. The molecule has 0 fully saturated rings. The normalized spacial score (nSPS) is 10.1. The van der Waals surface area contributed by atoms with E-state index in [0.29, 0.717) is 0 Å². The van der Waals surface area contributed by atoms with E-state index >= 15 is 0 Å². The Hall–Kier alpha value is 0.630. The number of carbonyl (C=O) groups excluding carboxylic acids is 2. The SMILES string of the molecule is CN(C)C(=S)O[C@H](CC(=O)[O-])C(=O)[O-].[Na+].[Na+]. The summed E-state index contributed by atoms with van der Waals surface area (Å²) >= 11 is 4.63. The number of aliphatic carboxylic acids is 2. The van der Waals surface area contributed by atoms with Crippen molar-refractivity contribution in [3.63, 3.8) is 0 Å². The maximum absolute atomic E-state index is 10.4. The van der Waals surface area contributed by atoms with Gasteiger partial charge in [0.05, 0.1) is 5.97 Å². The van der Waals surface area contributed by atoms with Crippen molar-refractivity contribution in [2.75, 3.05) is 14.1 Å². The van der Waals surface area contributed by atoms with E-state index in [1.54, 1.807) is 0 Å². The molecule has 0 radical (unpaired) electrons. The molecule has 0 unspecified atom stereocenters. The Labute approximate surface area is 143 Å². The van der Waals surface area contributed by atoms with Crippen molar-refractivity contribution in [1.29, 1.82) is 0 Å². The number of carboxylic acids is 2. The molecule has 0 saturated carbocycles. The monoisotopic (exact) mass is 265 g/mol. The van der Waals surface area contributed by atoms with E-state index in [1.165, 1.54) is 19.0 Å². The molecular formula is C7H9NNa2O5S. The van der Waals surface area contributed by atoms with Crippen LogP contribution in [0.3, 0.4) is 0 Å². The maximum atomic E-state index is 10.4. The Morgan fingerprint density at radius 3 is 2.00 bits per heavy atom. The van der Waals surface area contributed by atoms with Crippen LogP contribution < -0.4 is 69.3 Å². The van der Waals surface area contributed by atoms with Gasteiger partial charge in [-0.15, -0.1) is 0 Å². The average molecular weight is 265 g/mol. The van der Waals surface area contributed by atoms with Gasteiger partial charge < -0.3 is 29.4 Å². The van der Waals surface area contributed by atoms with Crippen LogP contribution in [0.1, 0.15) is 6.42 Å². The maximum Gasteiger partial charge on any atom is 1.00 e. The molecule has 0 aliphatic carbocycles. The zero-order chi connectivity index (χ0) is 11.3. The molecule has 80 valence electrons. The summed E-state index contributed by atoms with van der Waals surface area (Å²) in [6, 6.07) is 0. The van der Waals surface area contributed by atoms with Gasteiger partial charge in [-0.05, 0) is 12.2 Å². The molecule has 6 nitrogen and oxygen atoms in total. The summed E-state index contributed by atoms with van der Waals surface area (Å²) in [5, 5.41) is 20.4. The Balaban J connectivity index is -0.000000845. The minimum atomic E-state index is -1.64. The predicted molar refractivity (Wildman–Crippen MR) is 45.8 cm³/mol. The molecule has 0 amide bonds. The summed E-state index contributed by atoms with van der Waals surface area (Å²) in [4.78, 5) is 21.8. The summed E-state index contributed by atoms with van der Waals surface area (Å²) in [5.41, 5.74) is 0. The number of hydrogen-bond acceptors (Lipinski definition) is 6. The van der Waals surface area contributed by atoms with Crippen LogP contribution in [0.15, 0.2) is 0 Å². The Morgan fingerprint density at radius 2 is 1.75 bits per heavy atom. The standard InChI is InChI=1S/C7H11NO5S.2Na/c1-8(2)7(14)13-4(6(11)12)3-5(9)10;;/h4H,3H2,1-2H3,(H,9,10)(H,11,12);;/q;2*+1/p-2/t4-;;/m1../s1. The predicted octanol–water partition coefficient (Wildman–Crippen LogP) is -8.88. The molecule has 0 aromatic rings. The fourth-order valence-corrected chi connectivity index (χ4v) is 0.668. The second-order valence-electron chi connectivity index (χ2n) is 2.66. The Morgan fingerprint density at radius 1 is 1.31 bits per heavy atom. The Bertz CT molecular complexity index is 261. The summed E-state index contributed by atoms with van der Waals surface area (Å²) in [6.45, 7) is 0. The molecule has 0 N–H and O–H groups in total. The van der Waals surface area contributed by atoms with Gasteiger partial charge >= 0.3 is 59.1 Å². The molecule has 0 aromatic heterocycles. The molecule has 0 aliphatic heterocycles. The first-order chi connectivity index (χ1) is 6.34. The molecule has 1 atom stereocenters. The minimum absolute atomic E-state index is 0. The van der Waals surface area contributed by atoms with Crippen molar-refractivity contribution < 1.29 is 83.7 Å². The van der Waals surface area contributed by atoms with E-state index in [0.717, 1.165) is 0 Å².